The molecule has 2 heterocycles. The highest BCUT2D eigenvalue weighted by Crippen LogP contribution is 2.49. The molecule has 5 heteroatoms. The second-order valence-electron chi connectivity index (χ2n) is 7.83. The summed E-state index contributed by atoms with van der Waals surface area (Å²) in [5.74, 6) is 1.48. The summed E-state index contributed by atoms with van der Waals surface area (Å²) in [7, 11) is 1.98. The van der Waals surface area contributed by atoms with Gasteiger partial charge in [-0.25, -0.2) is 0 Å². The Hall–Kier alpha value is -1.36. The van der Waals surface area contributed by atoms with E-state index in [1.165, 1.54) is 30.5 Å². The van der Waals surface area contributed by atoms with E-state index in [0.717, 1.165) is 25.1 Å². The molecule has 2 saturated carbocycles. The van der Waals surface area contributed by atoms with Gasteiger partial charge in [-0.15, -0.1) is 0 Å². The predicted octanol–water partition coefficient (Wildman–Crippen LogP) is 2.07. The van der Waals surface area contributed by atoms with Crippen molar-refractivity contribution in [1.82, 2.24) is 14.7 Å². The van der Waals surface area contributed by atoms with Crippen molar-refractivity contribution in [2.45, 2.75) is 58.0 Å². The Morgan fingerprint density at radius 1 is 1.22 bits per heavy atom. The molecule has 0 aromatic carbocycles. The van der Waals surface area contributed by atoms with Crippen LogP contribution in [0.5, 0.6) is 0 Å². The third kappa shape index (κ3) is 2.16. The molecule has 4 rings (SSSR count). The number of nitrogens with zero attached hydrogens (tertiary/aromatic N) is 3. The standard InChI is InChI=1S/C18H28N4O/c1-10-15(11(2)21(3)20-10)14-5-4-8-22(14)18(23)16-12-6-7-13(9-12)17(16)19/h12-14,16-17H,4-9,19H2,1-3H3. The van der Waals surface area contributed by atoms with Crippen molar-refractivity contribution in [3.8, 4) is 0 Å². The SMILES string of the molecule is Cc1nn(C)c(C)c1C1CCCN1C(=O)C1C2CCC(C2)C1N. The lowest BCUT2D eigenvalue weighted by molar-refractivity contribution is -0.138. The van der Waals surface area contributed by atoms with Gasteiger partial charge in [0.15, 0.2) is 0 Å². The van der Waals surface area contributed by atoms with Crippen LogP contribution in [-0.4, -0.2) is 33.2 Å². The van der Waals surface area contributed by atoms with E-state index in [2.05, 4.69) is 23.8 Å². The molecule has 1 aliphatic heterocycles. The van der Waals surface area contributed by atoms with E-state index in [9.17, 15) is 4.79 Å². The van der Waals surface area contributed by atoms with E-state index in [1.807, 2.05) is 11.7 Å². The largest absolute Gasteiger partial charge is 0.335 e. The molecule has 3 fully saturated rings. The molecule has 23 heavy (non-hydrogen) atoms. The number of carbonyl (C=O) groups excluding carboxylic acids is 1. The maximum Gasteiger partial charge on any atom is 0.228 e. The number of nitrogens with two attached hydrogens (primary N) is 1. The molecule has 1 saturated heterocycles. The molecule has 1 amide bonds. The molecule has 1 aromatic heterocycles. The Labute approximate surface area is 138 Å². The van der Waals surface area contributed by atoms with Crippen LogP contribution in [0.2, 0.25) is 0 Å². The number of likely N-dealkylation sites (tertiary alicyclic amines) is 1. The number of hydrogen-bond donors (Lipinski definition) is 1. The molecule has 126 valence electrons. The number of carbonyl (C=O) groups is 1. The number of aryl methyl sites for hydroxylation is 2. The van der Waals surface area contributed by atoms with Crippen LogP contribution in [-0.2, 0) is 11.8 Å². The lowest BCUT2D eigenvalue weighted by atomic mass is 9.83. The van der Waals surface area contributed by atoms with E-state index in [-0.39, 0.29) is 18.0 Å². The fourth-order valence-corrected chi connectivity index (χ4v) is 5.50. The van der Waals surface area contributed by atoms with Crippen molar-refractivity contribution in [3.05, 3.63) is 17.0 Å². The molecule has 5 atom stereocenters. The van der Waals surface area contributed by atoms with Crippen molar-refractivity contribution >= 4 is 5.91 Å². The zero-order valence-corrected chi connectivity index (χ0v) is 14.5. The Balaban J connectivity index is 1.62. The van der Waals surface area contributed by atoms with Crippen LogP contribution in [0.1, 0.15) is 55.1 Å². The first-order valence-corrected chi connectivity index (χ1v) is 9.05. The molecule has 5 unspecified atom stereocenters. The van der Waals surface area contributed by atoms with Crippen molar-refractivity contribution in [3.63, 3.8) is 0 Å². The molecule has 0 spiro atoms. The average molecular weight is 316 g/mol. The molecule has 1 aromatic rings. The fourth-order valence-electron chi connectivity index (χ4n) is 5.50. The van der Waals surface area contributed by atoms with Gasteiger partial charge in [-0.05, 0) is 57.8 Å². The summed E-state index contributed by atoms with van der Waals surface area (Å²) in [6.45, 7) is 5.05. The van der Waals surface area contributed by atoms with Crippen LogP contribution in [0.15, 0.2) is 0 Å². The molecule has 2 N–H and O–H groups in total. The highest BCUT2D eigenvalue weighted by molar-refractivity contribution is 5.81. The Kier molecular flexibility index (Phi) is 3.52. The van der Waals surface area contributed by atoms with Gasteiger partial charge in [-0.3, -0.25) is 9.48 Å². The summed E-state index contributed by atoms with van der Waals surface area (Å²) in [5.41, 5.74) is 9.92. The minimum Gasteiger partial charge on any atom is -0.335 e. The quantitative estimate of drug-likeness (QED) is 0.908. The number of aromatic nitrogens is 2. The summed E-state index contributed by atoms with van der Waals surface area (Å²) in [4.78, 5) is 15.4. The lowest BCUT2D eigenvalue weighted by Crippen LogP contribution is -2.47. The van der Waals surface area contributed by atoms with Crippen LogP contribution in [0, 0.1) is 31.6 Å². The van der Waals surface area contributed by atoms with Gasteiger partial charge in [0.25, 0.3) is 0 Å². The van der Waals surface area contributed by atoms with Crippen molar-refractivity contribution in [1.29, 1.82) is 0 Å². The second-order valence-corrected chi connectivity index (χ2v) is 7.83. The van der Waals surface area contributed by atoms with Crippen molar-refractivity contribution < 1.29 is 4.79 Å². The van der Waals surface area contributed by atoms with Crippen LogP contribution >= 0.6 is 0 Å². The third-order valence-corrected chi connectivity index (χ3v) is 6.70. The minimum absolute atomic E-state index is 0.0617. The monoisotopic (exact) mass is 316 g/mol. The first-order chi connectivity index (χ1) is 11.0. The summed E-state index contributed by atoms with van der Waals surface area (Å²) in [6, 6.07) is 0.279. The van der Waals surface area contributed by atoms with E-state index < -0.39 is 0 Å². The molecule has 2 bridgehead atoms. The maximum absolute atomic E-state index is 13.3. The van der Waals surface area contributed by atoms with Gasteiger partial charge in [-0.1, -0.05) is 0 Å². The van der Waals surface area contributed by atoms with E-state index in [4.69, 9.17) is 5.73 Å². The van der Waals surface area contributed by atoms with Crippen LogP contribution in [0.4, 0.5) is 0 Å². The number of amides is 1. The normalized spacial score (nSPS) is 36.2. The zero-order valence-electron chi connectivity index (χ0n) is 14.5. The summed E-state index contributed by atoms with van der Waals surface area (Å²) in [6.07, 6.45) is 5.72. The van der Waals surface area contributed by atoms with E-state index in [0.29, 0.717) is 17.7 Å². The summed E-state index contributed by atoms with van der Waals surface area (Å²) in [5, 5.41) is 4.55. The predicted molar refractivity (Wildman–Crippen MR) is 88.7 cm³/mol. The van der Waals surface area contributed by atoms with Crippen molar-refractivity contribution in [2.75, 3.05) is 6.54 Å². The number of rotatable bonds is 2. The molecule has 0 radical (unpaired) electrons. The highest BCUT2D eigenvalue weighted by atomic mass is 16.2. The minimum atomic E-state index is 0.0617. The molecule has 5 nitrogen and oxygen atoms in total. The van der Waals surface area contributed by atoms with Gasteiger partial charge in [-0.2, -0.15) is 5.10 Å². The van der Waals surface area contributed by atoms with Gasteiger partial charge < -0.3 is 10.6 Å². The average Bonchev–Trinajstić information content (AvgIpc) is 3.24. The Morgan fingerprint density at radius 3 is 2.57 bits per heavy atom. The van der Waals surface area contributed by atoms with Crippen LogP contribution in [0.25, 0.3) is 0 Å². The number of hydrogen-bond acceptors (Lipinski definition) is 3. The molecule has 2 aliphatic carbocycles. The first-order valence-electron chi connectivity index (χ1n) is 9.05. The Morgan fingerprint density at radius 2 is 1.96 bits per heavy atom. The zero-order chi connectivity index (χ0) is 16.3. The maximum atomic E-state index is 13.3. The molecule has 3 aliphatic rings. The Bertz CT molecular complexity index is 635. The van der Waals surface area contributed by atoms with E-state index in [1.54, 1.807) is 0 Å². The second kappa shape index (κ2) is 5.33. The summed E-state index contributed by atoms with van der Waals surface area (Å²) >= 11 is 0. The van der Waals surface area contributed by atoms with Gasteiger partial charge in [0.05, 0.1) is 17.7 Å². The van der Waals surface area contributed by atoms with Gasteiger partial charge >= 0.3 is 0 Å². The smallest absolute Gasteiger partial charge is 0.228 e. The van der Waals surface area contributed by atoms with E-state index >= 15 is 0 Å². The summed E-state index contributed by atoms with van der Waals surface area (Å²) < 4.78 is 1.94. The topological polar surface area (TPSA) is 64.2 Å². The first kappa shape index (κ1) is 15.2. The van der Waals surface area contributed by atoms with Crippen molar-refractivity contribution in [2.24, 2.45) is 30.5 Å². The third-order valence-electron chi connectivity index (χ3n) is 6.70. The molecular formula is C18H28N4O. The number of fused-ring (bicyclic) bond motifs is 2. The highest BCUT2D eigenvalue weighted by Gasteiger charge is 2.51. The van der Waals surface area contributed by atoms with Crippen LogP contribution in [0.3, 0.4) is 0 Å². The van der Waals surface area contributed by atoms with Crippen LogP contribution < -0.4 is 5.73 Å². The van der Waals surface area contributed by atoms with Gasteiger partial charge in [0.2, 0.25) is 5.91 Å². The van der Waals surface area contributed by atoms with Gasteiger partial charge in [0.1, 0.15) is 0 Å². The lowest BCUT2D eigenvalue weighted by Gasteiger charge is -2.34. The molecular weight excluding hydrogens is 288 g/mol. The fraction of sp³-hybridized carbons (Fsp3) is 0.778. The van der Waals surface area contributed by atoms with Gasteiger partial charge in [0, 0.05) is 30.9 Å².